The molecule has 7 heteroatoms. The van der Waals surface area contributed by atoms with E-state index in [2.05, 4.69) is 22.4 Å². The molecule has 168 valence electrons. The molecule has 1 atom stereocenters. The molecular weight excluding hydrogens is 422 g/mol. The third-order valence-corrected chi connectivity index (χ3v) is 6.16. The van der Waals surface area contributed by atoms with Crippen molar-refractivity contribution in [1.82, 2.24) is 15.2 Å². The first-order valence-corrected chi connectivity index (χ1v) is 11.4. The van der Waals surface area contributed by atoms with Gasteiger partial charge in [-0.05, 0) is 61.3 Å². The standard InChI is InChI=1S/C25H29N3O3S/c1-30-21-9-10-23-19(15-21)14-20(24(29)27-23)16-28(17-22-8-5-13-31-22)25(32)26-12-11-18-6-3-2-4-7-18/h2-4,6-7,9-10,14-15,22H,5,8,11-13,16-17H2,1H3,(H,26,32)(H,27,29)/t22-/m0/s1. The monoisotopic (exact) mass is 451 g/mol. The van der Waals surface area contributed by atoms with Gasteiger partial charge in [0.2, 0.25) is 0 Å². The molecule has 3 aromatic rings. The van der Waals surface area contributed by atoms with E-state index in [0.29, 0.717) is 23.8 Å². The molecule has 2 aromatic carbocycles. The smallest absolute Gasteiger partial charge is 0.253 e. The summed E-state index contributed by atoms with van der Waals surface area (Å²) in [5.41, 5.74) is 2.60. The Morgan fingerprint density at radius 3 is 2.84 bits per heavy atom. The Bertz CT molecular complexity index is 1110. The van der Waals surface area contributed by atoms with Gasteiger partial charge in [0.05, 0.1) is 19.8 Å². The van der Waals surface area contributed by atoms with E-state index in [1.54, 1.807) is 7.11 Å². The molecule has 2 N–H and O–H groups in total. The van der Waals surface area contributed by atoms with Crippen molar-refractivity contribution in [2.24, 2.45) is 0 Å². The largest absolute Gasteiger partial charge is 0.497 e. The minimum Gasteiger partial charge on any atom is -0.497 e. The molecule has 1 saturated heterocycles. The van der Waals surface area contributed by atoms with Crippen LogP contribution >= 0.6 is 12.2 Å². The molecular formula is C25H29N3O3S. The summed E-state index contributed by atoms with van der Waals surface area (Å²) in [6.07, 6.45) is 3.08. The number of benzene rings is 2. The first-order valence-electron chi connectivity index (χ1n) is 11.0. The number of H-pyrrole nitrogens is 1. The molecule has 0 radical (unpaired) electrons. The van der Waals surface area contributed by atoms with Gasteiger partial charge in [-0.15, -0.1) is 0 Å². The van der Waals surface area contributed by atoms with Crippen LogP contribution in [0.4, 0.5) is 0 Å². The number of aromatic amines is 1. The molecule has 0 spiro atoms. The average Bonchev–Trinajstić information content (AvgIpc) is 3.32. The van der Waals surface area contributed by atoms with Crippen molar-refractivity contribution in [3.05, 3.63) is 76.1 Å². The Morgan fingerprint density at radius 2 is 2.09 bits per heavy atom. The molecule has 0 amide bonds. The Kier molecular flexibility index (Phi) is 7.39. The highest BCUT2D eigenvalue weighted by Gasteiger charge is 2.22. The van der Waals surface area contributed by atoms with Crippen LogP contribution in [0.5, 0.6) is 5.75 Å². The van der Waals surface area contributed by atoms with Crippen LogP contribution in [-0.4, -0.2) is 47.9 Å². The van der Waals surface area contributed by atoms with E-state index in [-0.39, 0.29) is 11.7 Å². The van der Waals surface area contributed by atoms with Crippen LogP contribution in [-0.2, 0) is 17.7 Å². The summed E-state index contributed by atoms with van der Waals surface area (Å²) in [5.74, 6) is 0.754. The Balaban J connectivity index is 1.49. The van der Waals surface area contributed by atoms with Crippen molar-refractivity contribution in [2.75, 3.05) is 26.8 Å². The van der Waals surface area contributed by atoms with E-state index in [4.69, 9.17) is 21.7 Å². The maximum atomic E-state index is 12.8. The van der Waals surface area contributed by atoms with Gasteiger partial charge in [0.25, 0.3) is 5.56 Å². The fourth-order valence-electron chi connectivity index (χ4n) is 4.00. The number of aromatic nitrogens is 1. The summed E-state index contributed by atoms with van der Waals surface area (Å²) in [7, 11) is 1.64. The van der Waals surface area contributed by atoms with E-state index >= 15 is 0 Å². The van der Waals surface area contributed by atoms with Gasteiger partial charge in [-0.25, -0.2) is 0 Å². The van der Waals surface area contributed by atoms with Gasteiger partial charge in [-0.3, -0.25) is 4.79 Å². The average molecular weight is 452 g/mol. The Hall–Kier alpha value is -2.90. The van der Waals surface area contributed by atoms with Gasteiger partial charge >= 0.3 is 0 Å². The lowest BCUT2D eigenvalue weighted by molar-refractivity contribution is 0.0897. The van der Waals surface area contributed by atoms with Crippen LogP contribution in [0.15, 0.2) is 59.4 Å². The predicted molar refractivity (Wildman–Crippen MR) is 131 cm³/mol. The number of nitrogens with one attached hydrogen (secondary N) is 2. The maximum absolute atomic E-state index is 12.8. The third-order valence-electron chi connectivity index (χ3n) is 5.76. The summed E-state index contributed by atoms with van der Waals surface area (Å²) in [5, 5.41) is 4.94. The predicted octanol–water partition coefficient (Wildman–Crippen LogP) is 3.63. The highest BCUT2D eigenvalue weighted by atomic mass is 32.1. The maximum Gasteiger partial charge on any atom is 0.253 e. The van der Waals surface area contributed by atoms with Crippen LogP contribution in [0.1, 0.15) is 24.0 Å². The topological polar surface area (TPSA) is 66.6 Å². The van der Waals surface area contributed by atoms with Gasteiger partial charge in [-0.1, -0.05) is 30.3 Å². The number of thiocarbonyl (C=S) groups is 1. The molecule has 1 aromatic heterocycles. The zero-order valence-electron chi connectivity index (χ0n) is 18.3. The molecule has 0 bridgehead atoms. The zero-order valence-corrected chi connectivity index (χ0v) is 19.1. The summed E-state index contributed by atoms with van der Waals surface area (Å²) in [4.78, 5) is 17.8. The lowest BCUT2D eigenvalue weighted by Gasteiger charge is -2.28. The normalized spacial score (nSPS) is 15.6. The molecule has 4 rings (SSSR count). The van der Waals surface area contributed by atoms with E-state index in [1.807, 2.05) is 47.4 Å². The van der Waals surface area contributed by atoms with E-state index in [1.165, 1.54) is 5.56 Å². The van der Waals surface area contributed by atoms with Crippen molar-refractivity contribution in [2.45, 2.75) is 31.9 Å². The minimum absolute atomic E-state index is 0.105. The number of hydrogen-bond acceptors (Lipinski definition) is 4. The van der Waals surface area contributed by atoms with Crippen LogP contribution in [0.3, 0.4) is 0 Å². The molecule has 0 aliphatic carbocycles. The summed E-state index contributed by atoms with van der Waals surface area (Å²) < 4.78 is 11.2. The second kappa shape index (κ2) is 10.6. The number of rotatable bonds is 8. The van der Waals surface area contributed by atoms with E-state index < -0.39 is 0 Å². The molecule has 1 aliphatic heterocycles. The number of hydrogen-bond donors (Lipinski definition) is 2. The highest BCUT2D eigenvalue weighted by Crippen LogP contribution is 2.20. The summed E-state index contributed by atoms with van der Waals surface area (Å²) in [6, 6.07) is 17.9. The molecule has 6 nitrogen and oxygen atoms in total. The van der Waals surface area contributed by atoms with Crippen LogP contribution in [0.25, 0.3) is 10.9 Å². The fraction of sp³-hybridized carbons (Fsp3) is 0.360. The van der Waals surface area contributed by atoms with Crippen molar-refractivity contribution in [3.63, 3.8) is 0 Å². The molecule has 32 heavy (non-hydrogen) atoms. The number of pyridine rings is 1. The van der Waals surface area contributed by atoms with Gasteiger partial charge in [0.1, 0.15) is 5.75 Å². The molecule has 2 heterocycles. The second-order valence-electron chi connectivity index (χ2n) is 8.06. The van der Waals surface area contributed by atoms with Gasteiger partial charge in [0, 0.05) is 36.2 Å². The zero-order chi connectivity index (χ0) is 22.3. The lowest BCUT2D eigenvalue weighted by atomic mass is 10.1. The molecule has 1 aliphatic rings. The van der Waals surface area contributed by atoms with Crippen molar-refractivity contribution in [3.8, 4) is 5.75 Å². The fourth-order valence-corrected chi connectivity index (χ4v) is 4.24. The summed E-state index contributed by atoms with van der Waals surface area (Å²) >= 11 is 5.73. The van der Waals surface area contributed by atoms with Gasteiger partial charge < -0.3 is 24.7 Å². The second-order valence-corrected chi connectivity index (χ2v) is 8.45. The van der Waals surface area contributed by atoms with Crippen molar-refractivity contribution < 1.29 is 9.47 Å². The quantitative estimate of drug-likeness (QED) is 0.510. The molecule has 0 saturated carbocycles. The first-order chi connectivity index (χ1) is 15.6. The third kappa shape index (κ3) is 5.66. The minimum atomic E-state index is -0.105. The van der Waals surface area contributed by atoms with Crippen LogP contribution in [0, 0.1) is 0 Å². The van der Waals surface area contributed by atoms with Crippen molar-refractivity contribution in [1.29, 1.82) is 0 Å². The number of nitrogens with zero attached hydrogens (tertiary/aromatic N) is 1. The van der Waals surface area contributed by atoms with E-state index in [9.17, 15) is 4.79 Å². The van der Waals surface area contributed by atoms with Crippen LogP contribution < -0.4 is 15.6 Å². The Labute approximate surface area is 193 Å². The number of ether oxygens (including phenoxy) is 2. The SMILES string of the molecule is COc1ccc2[nH]c(=O)c(CN(C[C@@H]3CCCO3)C(=S)NCCc3ccccc3)cc2c1. The van der Waals surface area contributed by atoms with Crippen molar-refractivity contribution >= 4 is 28.2 Å². The van der Waals surface area contributed by atoms with Crippen LogP contribution in [0.2, 0.25) is 0 Å². The van der Waals surface area contributed by atoms with Gasteiger partial charge in [-0.2, -0.15) is 0 Å². The molecule has 1 fully saturated rings. The Morgan fingerprint density at radius 1 is 1.25 bits per heavy atom. The number of fused-ring (bicyclic) bond motifs is 1. The summed E-state index contributed by atoms with van der Waals surface area (Å²) in [6.45, 7) is 2.59. The van der Waals surface area contributed by atoms with E-state index in [0.717, 1.165) is 49.1 Å². The van der Waals surface area contributed by atoms with Gasteiger partial charge in [0.15, 0.2) is 5.11 Å². The number of methoxy groups -OCH3 is 1. The lowest BCUT2D eigenvalue weighted by Crippen LogP contribution is -2.44. The first kappa shape index (κ1) is 22.3. The molecule has 0 unspecified atom stereocenters. The highest BCUT2D eigenvalue weighted by molar-refractivity contribution is 7.80.